The van der Waals surface area contributed by atoms with Gasteiger partial charge in [0.25, 0.3) is 0 Å². The SMILES string of the molecule is COCCC(C)(O)C#CCO. The van der Waals surface area contributed by atoms with Gasteiger partial charge < -0.3 is 14.9 Å². The second kappa shape index (κ2) is 5.14. The van der Waals surface area contributed by atoms with E-state index in [-0.39, 0.29) is 6.61 Å². The molecule has 0 saturated heterocycles. The van der Waals surface area contributed by atoms with Gasteiger partial charge in [-0.05, 0) is 6.92 Å². The molecule has 1 atom stereocenters. The highest BCUT2D eigenvalue weighted by atomic mass is 16.5. The Kier molecular flexibility index (Phi) is 4.88. The van der Waals surface area contributed by atoms with Crippen molar-refractivity contribution in [3.63, 3.8) is 0 Å². The van der Waals surface area contributed by atoms with Gasteiger partial charge in [-0.1, -0.05) is 11.8 Å². The lowest BCUT2D eigenvalue weighted by molar-refractivity contribution is 0.0726. The van der Waals surface area contributed by atoms with Crippen molar-refractivity contribution < 1.29 is 14.9 Å². The van der Waals surface area contributed by atoms with E-state index >= 15 is 0 Å². The zero-order valence-corrected chi connectivity index (χ0v) is 6.92. The average Bonchev–Trinajstić information content (AvgIpc) is 1.97. The fourth-order valence-electron chi connectivity index (χ4n) is 0.593. The lowest BCUT2D eigenvalue weighted by atomic mass is 10.0. The van der Waals surface area contributed by atoms with Gasteiger partial charge in [-0.3, -0.25) is 0 Å². The summed E-state index contributed by atoms with van der Waals surface area (Å²) in [6, 6.07) is 0. The number of rotatable bonds is 3. The molecule has 0 aromatic rings. The Balaban J connectivity index is 3.79. The van der Waals surface area contributed by atoms with Crippen LogP contribution in [0, 0.1) is 11.8 Å². The van der Waals surface area contributed by atoms with E-state index in [0.717, 1.165) is 0 Å². The summed E-state index contributed by atoms with van der Waals surface area (Å²) in [5.74, 6) is 4.92. The summed E-state index contributed by atoms with van der Waals surface area (Å²) in [5, 5.41) is 17.8. The van der Waals surface area contributed by atoms with E-state index in [9.17, 15) is 5.11 Å². The van der Waals surface area contributed by atoms with Crippen LogP contribution in [0.25, 0.3) is 0 Å². The van der Waals surface area contributed by atoms with Crippen molar-refractivity contribution in [1.82, 2.24) is 0 Å². The van der Waals surface area contributed by atoms with E-state index < -0.39 is 5.60 Å². The van der Waals surface area contributed by atoms with Crippen LogP contribution in [0.4, 0.5) is 0 Å². The van der Waals surface area contributed by atoms with E-state index in [1.54, 1.807) is 14.0 Å². The van der Waals surface area contributed by atoms with Crippen LogP contribution in [-0.2, 0) is 4.74 Å². The van der Waals surface area contributed by atoms with Gasteiger partial charge in [0.2, 0.25) is 0 Å². The van der Waals surface area contributed by atoms with Gasteiger partial charge in [0.15, 0.2) is 0 Å². The molecular weight excluding hydrogens is 144 g/mol. The minimum atomic E-state index is -1.04. The summed E-state index contributed by atoms with van der Waals surface area (Å²) in [4.78, 5) is 0. The van der Waals surface area contributed by atoms with E-state index in [4.69, 9.17) is 9.84 Å². The maximum absolute atomic E-state index is 9.41. The highest BCUT2D eigenvalue weighted by Crippen LogP contribution is 2.06. The molecule has 0 radical (unpaired) electrons. The summed E-state index contributed by atoms with van der Waals surface area (Å²) in [7, 11) is 1.57. The Morgan fingerprint density at radius 2 is 2.18 bits per heavy atom. The molecule has 11 heavy (non-hydrogen) atoms. The van der Waals surface area contributed by atoms with Gasteiger partial charge in [0.05, 0.1) is 0 Å². The van der Waals surface area contributed by atoms with Crippen LogP contribution in [0.2, 0.25) is 0 Å². The molecule has 1 unspecified atom stereocenters. The number of hydrogen-bond donors (Lipinski definition) is 2. The van der Waals surface area contributed by atoms with Crippen molar-refractivity contribution in [3.05, 3.63) is 0 Å². The van der Waals surface area contributed by atoms with Crippen molar-refractivity contribution in [2.75, 3.05) is 20.3 Å². The van der Waals surface area contributed by atoms with E-state index in [1.807, 2.05) is 0 Å². The van der Waals surface area contributed by atoms with Crippen molar-refractivity contribution in [3.8, 4) is 11.8 Å². The zero-order valence-electron chi connectivity index (χ0n) is 6.92. The van der Waals surface area contributed by atoms with E-state index in [0.29, 0.717) is 13.0 Å². The van der Waals surface area contributed by atoms with Crippen LogP contribution in [0.5, 0.6) is 0 Å². The number of methoxy groups -OCH3 is 1. The molecule has 0 aliphatic heterocycles. The van der Waals surface area contributed by atoms with E-state index in [2.05, 4.69) is 11.8 Å². The summed E-state index contributed by atoms with van der Waals surface area (Å²) in [5.41, 5.74) is -1.04. The Hall–Kier alpha value is -0.560. The lowest BCUT2D eigenvalue weighted by Gasteiger charge is -2.14. The van der Waals surface area contributed by atoms with Crippen molar-refractivity contribution in [2.45, 2.75) is 18.9 Å². The number of aliphatic hydroxyl groups is 2. The minimum Gasteiger partial charge on any atom is -0.385 e. The third kappa shape index (κ3) is 5.86. The van der Waals surface area contributed by atoms with Crippen LogP contribution < -0.4 is 0 Å². The normalized spacial score (nSPS) is 14.9. The smallest absolute Gasteiger partial charge is 0.125 e. The number of hydrogen-bond acceptors (Lipinski definition) is 3. The highest BCUT2D eigenvalue weighted by Gasteiger charge is 2.15. The molecule has 0 aromatic heterocycles. The fraction of sp³-hybridized carbons (Fsp3) is 0.750. The standard InChI is InChI=1S/C8H14O3/c1-8(10,4-3-6-9)5-7-11-2/h9-10H,5-7H2,1-2H3. The Morgan fingerprint density at radius 3 is 2.64 bits per heavy atom. The molecule has 2 N–H and O–H groups in total. The first kappa shape index (κ1) is 10.4. The second-order valence-electron chi connectivity index (χ2n) is 2.48. The number of ether oxygens (including phenoxy) is 1. The lowest BCUT2D eigenvalue weighted by Crippen LogP contribution is -2.23. The summed E-state index contributed by atoms with van der Waals surface area (Å²) >= 11 is 0. The van der Waals surface area contributed by atoms with Gasteiger partial charge in [-0.2, -0.15) is 0 Å². The maximum atomic E-state index is 9.41. The third-order valence-electron chi connectivity index (χ3n) is 1.23. The third-order valence-corrected chi connectivity index (χ3v) is 1.23. The van der Waals surface area contributed by atoms with Crippen LogP contribution in [0.3, 0.4) is 0 Å². The summed E-state index contributed by atoms with van der Waals surface area (Å²) < 4.78 is 4.77. The molecule has 64 valence electrons. The molecule has 0 heterocycles. The molecule has 0 aromatic carbocycles. The predicted molar refractivity (Wildman–Crippen MR) is 42.0 cm³/mol. The molecule has 3 heteroatoms. The molecule has 0 aliphatic carbocycles. The Morgan fingerprint density at radius 1 is 1.55 bits per heavy atom. The highest BCUT2D eigenvalue weighted by molar-refractivity contribution is 5.11. The van der Waals surface area contributed by atoms with Crippen LogP contribution in [0.1, 0.15) is 13.3 Å². The molecule has 0 saturated carbocycles. The van der Waals surface area contributed by atoms with Crippen LogP contribution >= 0.6 is 0 Å². The molecule has 0 rings (SSSR count). The molecule has 0 fully saturated rings. The predicted octanol–water partition coefficient (Wildman–Crippen LogP) is -0.230. The van der Waals surface area contributed by atoms with Crippen LogP contribution in [-0.4, -0.2) is 36.1 Å². The van der Waals surface area contributed by atoms with Crippen molar-refractivity contribution in [2.24, 2.45) is 0 Å². The molecule has 3 nitrogen and oxygen atoms in total. The first-order valence-electron chi connectivity index (χ1n) is 3.44. The van der Waals surface area contributed by atoms with Gasteiger partial charge in [0.1, 0.15) is 12.2 Å². The second-order valence-corrected chi connectivity index (χ2v) is 2.48. The molecule has 0 spiro atoms. The van der Waals surface area contributed by atoms with Gasteiger partial charge in [-0.15, -0.1) is 0 Å². The Labute approximate surface area is 67.0 Å². The number of aliphatic hydroxyl groups excluding tert-OH is 1. The average molecular weight is 158 g/mol. The first-order valence-corrected chi connectivity index (χ1v) is 3.44. The van der Waals surface area contributed by atoms with Crippen molar-refractivity contribution >= 4 is 0 Å². The molecule has 0 bridgehead atoms. The summed E-state index contributed by atoms with van der Waals surface area (Å²) in [6.45, 7) is 1.84. The zero-order chi connectivity index (χ0) is 8.74. The summed E-state index contributed by atoms with van der Waals surface area (Å²) in [6.07, 6.45) is 0.455. The maximum Gasteiger partial charge on any atom is 0.125 e. The quantitative estimate of drug-likeness (QED) is 0.558. The minimum absolute atomic E-state index is 0.219. The first-order chi connectivity index (χ1) is 5.12. The van der Waals surface area contributed by atoms with Crippen molar-refractivity contribution in [1.29, 1.82) is 0 Å². The molecule has 0 aliphatic rings. The topological polar surface area (TPSA) is 49.7 Å². The van der Waals surface area contributed by atoms with Gasteiger partial charge >= 0.3 is 0 Å². The van der Waals surface area contributed by atoms with Gasteiger partial charge in [0, 0.05) is 20.1 Å². The fourth-order valence-corrected chi connectivity index (χ4v) is 0.593. The Bertz CT molecular complexity index is 152. The monoisotopic (exact) mass is 158 g/mol. The van der Waals surface area contributed by atoms with Gasteiger partial charge in [-0.25, -0.2) is 0 Å². The molecule has 0 amide bonds. The molecular formula is C8H14O3. The van der Waals surface area contributed by atoms with Crippen LogP contribution in [0.15, 0.2) is 0 Å². The largest absolute Gasteiger partial charge is 0.385 e. The van der Waals surface area contributed by atoms with E-state index in [1.165, 1.54) is 0 Å².